The van der Waals surface area contributed by atoms with Crippen LogP contribution in [0.25, 0.3) is 0 Å². The van der Waals surface area contributed by atoms with Gasteiger partial charge in [-0.1, -0.05) is 30.3 Å². The van der Waals surface area contributed by atoms with E-state index >= 15 is 0 Å². The van der Waals surface area contributed by atoms with Gasteiger partial charge in [-0.25, -0.2) is 0 Å². The van der Waals surface area contributed by atoms with Gasteiger partial charge in [0.1, 0.15) is 0 Å². The minimum Gasteiger partial charge on any atom is -0.322 e. The molecule has 1 aromatic heterocycles. The summed E-state index contributed by atoms with van der Waals surface area (Å²) in [7, 11) is 1.87. The van der Waals surface area contributed by atoms with Crippen LogP contribution in [0.15, 0.2) is 30.3 Å². The summed E-state index contributed by atoms with van der Waals surface area (Å²) in [5, 5.41) is 7.30. The molecule has 0 unspecified atom stereocenters. The van der Waals surface area contributed by atoms with Crippen LogP contribution in [0.3, 0.4) is 0 Å². The van der Waals surface area contributed by atoms with E-state index in [0.29, 0.717) is 6.54 Å². The van der Waals surface area contributed by atoms with Crippen molar-refractivity contribution in [3.63, 3.8) is 0 Å². The maximum atomic E-state index is 12.5. The van der Waals surface area contributed by atoms with Crippen molar-refractivity contribution in [2.75, 3.05) is 25.0 Å². The Morgan fingerprint density at radius 3 is 2.38 bits per heavy atom. The summed E-state index contributed by atoms with van der Waals surface area (Å²) in [6, 6.07) is 9.47. The van der Waals surface area contributed by atoms with Crippen molar-refractivity contribution in [2.24, 2.45) is 13.0 Å². The molecule has 0 spiro atoms. The lowest BCUT2D eigenvalue weighted by Crippen LogP contribution is -2.40. The molecule has 1 amide bonds. The van der Waals surface area contributed by atoms with Crippen molar-refractivity contribution in [2.45, 2.75) is 26.7 Å². The van der Waals surface area contributed by atoms with Gasteiger partial charge in [0.25, 0.3) is 0 Å². The molecule has 1 saturated heterocycles. The van der Waals surface area contributed by atoms with Gasteiger partial charge in [0.2, 0.25) is 5.91 Å². The lowest BCUT2D eigenvalue weighted by atomic mass is 9.89. The number of piperidine rings is 1. The Hall–Kier alpha value is -2.47. The summed E-state index contributed by atoms with van der Waals surface area (Å²) >= 11 is 0. The Kier molecular flexibility index (Phi) is 5.52. The smallest absolute Gasteiger partial charge is 0.238 e. The van der Waals surface area contributed by atoms with Crippen LogP contribution in [0.1, 0.15) is 34.6 Å². The maximum Gasteiger partial charge on any atom is 0.238 e. The summed E-state index contributed by atoms with van der Waals surface area (Å²) in [5.74, 6) is 0.243. The highest BCUT2D eigenvalue weighted by molar-refractivity contribution is 5.98. The van der Waals surface area contributed by atoms with Crippen LogP contribution in [-0.2, 0) is 11.8 Å². The number of hydrogen-bond donors (Lipinski definition) is 1. The number of anilines is 1. The first-order valence-corrected chi connectivity index (χ1v) is 9.07. The molecule has 0 radical (unpaired) electrons. The van der Waals surface area contributed by atoms with Crippen LogP contribution < -0.4 is 5.32 Å². The number of carbonyl (C=O) groups excluding carboxylic acids is 2. The van der Waals surface area contributed by atoms with Crippen molar-refractivity contribution in [3.05, 3.63) is 47.3 Å². The largest absolute Gasteiger partial charge is 0.322 e. The van der Waals surface area contributed by atoms with Crippen LogP contribution in [-0.4, -0.2) is 46.0 Å². The monoisotopic (exact) mass is 354 g/mol. The Bertz CT molecular complexity index is 790. The Morgan fingerprint density at radius 2 is 1.81 bits per heavy atom. The molecule has 0 saturated carbocycles. The summed E-state index contributed by atoms with van der Waals surface area (Å²) in [5.41, 5.74) is 3.35. The normalized spacial score (nSPS) is 15.8. The maximum absolute atomic E-state index is 12.5. The van der Waals surface area contributed by atoms with E-state index in [4.69, 9.17) is 0 Å². The number of ketones is 1. The standard InChI is InChI=1S/C20H26N4O2/c1-14-19(15(2)23(3)22-14)21-18(25)13-24-11-9-17(10-12-24)20(26)16-7-5-4-6-8-16/h4-8,17H,9-13H2,1-3H3,(H,21,25). The van der Waals surface area contributed by atoms with Gasteiger partial charge in [0.05, 0.1) is 23.6 Å². The molecular weight excluding hydrogens is 328 g/mol. The van der Waals surface area contributed by atoms with Gasteiger partial charge in [0, 0.05) is 18.5 Å². The SMILES string of the molecule is Cc1nn(C)c(C)c1NC(=O)CN1CCC(C(=O)c2ccccc2)CC1. The number of benzene rings is 1. The highest BCUT2D eigenvalue weighted by Gasteiger charge is 2.26. The van der Waals surface area contributed by atoms with Crippen molar-refractivity contribution in [1.29, 1.82) is 0 Å². The molecule has 1 fully saturated rings. The minimum atomic E-state index is -0.0305. The molecule has 1 aromatic carbocycles. The molecule has 2 aromatic rings. The van der Waals surface area contributed by atoms with Crippen LogP contribution in [0.5, 0.6) is 0 Å². The number of nitrogens with one attached hydrogen (secondary N) is 1. The number of carbonyl (C=O) groups is 2. The van der Waals surface area contributed by atoms with Gasteiger partial charge < -0.3 is 5.32 Å². The van der Waals surface area contributed by atoms with Gasteiger partial charge in [-0.2, -0.15) is 5.10 Å². The van der Waals surface area contributed by atoms with E-state index in [1.165, 1.54) is 0 Å². The molecule has 2 heterocycles. The molecule has 1 N–H and O–H groups in total. The predicted molar refractivity (Wildman–Crippen MR) is 101 cm³/mol. The molecule has 6 heteroatoms. The lowest BCUT2D eigenvalue weighted by Gasteiger charge is -2.30. The Morgan fingerprint density at radius 1 is 1.15 bits per heavy atom. The highest BCUT2D eigenvalue weighted by atomic mass is 16.2. The van der Waals surface area contributed by atoms with E-state index in [-0.39, 0.29) is 17.6 Å². The van der Waals surface area contributed by atoms with Gasteiger partial charge in [-0.05, 0) is 39.8 Å². The fraction of sp³-hybridized carbons (Fsp3) is 0.450. The Labute approximate surface area is 154 Å². The topological polar surface area (TPSA) is 67.2 Å². The van der Waals surface area contributed by atoms with Crippen LogP contribution in [0.4, 0.5) is 5.69 Å². The number of Topliss-reactive ketones (excluding diaryl/α,β-unsaturated/α-hetero) is 1. The third-order valence-corrected chi connectivity index (χ3v) is 5.16. The summed E-state index contributed by atoms with van der Waals surface area (Å²) in [6.07, 6.45) is 1.60. The molecule has 26 heavy (non-hydrogen) atoms. The summed E-state index contributed by atoms with van der Waals surface area (Å²) < 4.78 is 1.77. The zero-order valence-corrected chi connectivity index (χ0v) is 15.7. The quantitative estimate of drug-likeness (QED) is 0.838. The molecule has 6 nitrogen and oxygen atoms in total. The third-order valence-electron chi connectivity index (χ3n) is 5.16. The molecule has 0 bridgehead atoms. The lowest BCUT2D eigenvalue weighted by molar-refractivity contribution is -0.117. The molecular formula is C20H26N4O2. The molecule has 0 aliphatic carbocycles. The number of aromatic nitrogens is 2. The highest BCUT2D eigenvalue weighted by Crippen LogP contribution is 2.22. The number of likely N-dealkylation sites (tertiary alicyclic amines) is 1. The number of hydrogen-bond acceptors (Lipinski definition) is 4. The van der Waals surface area contributed by atoms with Gasteiger partial charge >= 0.3 is 0 Å². The first-order chi connectivity index (χ1) is 12.5. The van der Waals surface area contributed by atoms with Crippen LogP contribution in [0.2, 0.25) is 0 Å². The zero-order chi connectivity index (χ0) is 18.7. The minimum absolute atomic E-state index is 0.0305. The summed E-state index contributed by atoms with van der Waals surface area (Å²) in [4.78, 5) is 27.0. The number of nitrogens with zero attached hydrogens (tertiary/aromatic N) is 3. The third kappa shape index (κ3) is 4.02. The number of aryl methyl sites for hydroxylation is 2. The second kappa shape index (κ2) is 7.83. The van der Waals surface area contributed by atoms with Crippen molar-refractivity contribution < 1.29 is 9.59 Å². The van der Waals surface area contributed by atoms with Crippen LogP contribution >= 0.6 is 0 Å². The van der Waals surface area contributed by atoms with E-state index in [1.54, 1.807) is 4.68 Å². The van der Waals surface area contributed by atoms with E-state index in [9.17, 15) is 9.59 Å². The van der Waals surface area contributed by atoms with Gasteiger partial charge in [-0.3, -0.25) is 19.2 Å². The fourth-order valence-electron chi connectivity index (χ4n) is 3.53. The van der Waals surface area contributed by atoms with Gasteiger partial charge in [-0.15, -0.1) is 0 Å². The zero-order valence-electron chi connectivity index (χ0n) is 15.7. The van der Waals surface area contributed by atoms with E-state index in [0.717, 1.165) is 48.6 Å². The predicted octanol–water partition coefficient (Wildman–Crippen LogP) is 2.57. The average molecular weight is 354 g/mol. The van der Waals surface area contributed by atoms with Crippen molar-refractivity contribution >= 4 is 17.4 Å². The van der Waals surface area contributed by atoms with Crippen molar-refractivity contribution in [3.8, 4) is 0 Å². The fourth-order valence-corrected chi connectivity index (χ4v) is 3.53. The first-order valence-electron chi connectivity index (χ1n) is 9.07. The molecule has 1 aliphatic heterocycles. The van der Waals surface area contributed by atoms with E-state index < -0.39 is 0 Å². The number of amides is 1. The molecule has 138 valence electrons. The second-order valence-electron chi connectivity index (χ2n) is 7.00. The average Bonchev–Trinajstić information content (AvgIpc) is 2.88. The van der Waals surface area contributed by atoms with Crippen LogP contribution in [0, 0.1) is 19.8 Å². The molecule has 3 rings (SSSR count). The second-order valence-corrected chi connectivity index (χ2v) is 7.00. The molecule has 0 atom stereocenters. The number of rotatable bonds is 5. The van der Waals surface area contributed by atoms with Crippen molar-refractivity contribution in [1.82, 2.24) is 14.7 Å². The summed E-state index contributed by atoms with van der Waals surface area (Å²) in [6.45, 7) is 5.71. The Balaban J connectivity index is 1.51. The molecule has 1 aliphatic rings. The van der Waals surface area contributed by atoms with Gasteiger partial charge in [0.15, 0.2) is 5.78 Å². The van der Waals surface area contributed by atoms with E-state index in [2.05, 4.69) is 15.3 Å². The van der Waals surface area contributed by atoms with E-state index in [1.807, 2.05) is 51.2 Å². The first kappa shape index (κ1) is 18.3.